The van der Waals surface area contributed by atoms with Gasteiger partial charge in [0, 0.05) is 0 Å². The SMILES string of the molecule is CCC(C)(C)P(C1C2CC3CC(C2)CC1C3)C(C)(C)CC. The molecular weight excluding hydrogens is 271 g/mol. The lowest BCUT2D eigenvalue weighted by Gasteiger charge is -2.61. The highest BCUT2D eigenvalue weighted by atomic mass is 31.1. The highest BCUT2D eigenvalue weighted by molar-refractivity contribution is 7.61. The second-order valence-electron chi connectivity index (χ2n) is 9.62. The van der Waals surface area contributed by atoms with Crippen molar-refractivity contribution in [1.29, 1.82) is 0 Å². The van der Waals surface area contributed by atoms with E-state index in [1.165, 1.54) is 12.8 Å². The molecular formula is C20H37P. The molecule has 0 spiro atoms. The monoisotopic (exact) mass is 308 g/mol. The molecule has 21 heavy (non-hydrogen) atoms. The molecule has 0 nitrogen and oxygen atoms in total. The summed E-state index contributed by atoms with van der Waals surface area (Å²) < 4.78 is 0. The van der Waals surface area contributed by atoms with Gasteiger partial charge in [-0.15, -0.1) is 0 Å². The van der Waals surface area contributed by atoms with Crippen LogP contribution in [-0.4, -0.2) is 16.0 Å². The average Bonchev–Trinajstić information content (AvgIpc) is 2.41. The largest absolute Gasteiger partial charge is 0.0914 e. The normalized spacial score (nSPS) is 39.3. The van der Waals surface area contributed by atoms with Gasteiger partial charge in [-0.3, -0.25) is 0 Å². The van der Waals surface area contributed by atoms with Crippen LogP contribution in [0.2, 0.25) is 0 Å². The molecule has 0 aromatic rings. The molecule has 4 aliphatic rings. The van der Waals surface area contributed by atoms with Gasteiger partial charge in [0.05, 0.1) is 0 Å². The minimum absolute atomic E-state index is 0.103. The number of hydrogen-bond donors (Lipinski definition) is 0. The van der Waals surface area contributed by atoms with E-state index in [2.05, 4.69) is 41.5 Å². The molecule has 0 atom stereocenters. The summed E-state index contributed by atoms with van der Waals surface area (Å²) in [7, 11) is 0.103. The van der Waals surface area contributed by atoms with Crippen molar-refractivity contribution in [2.75, 3.05) is 0 Å². The molecule has 0 amide bonds. The fraction of sp³-hybridized carbons (Fsp3) is 1.00. The van der Waals surface area contributed by atoms with Crippen molar-refractivity contribution >= 4 is 7.92 Å². The zero-order valence-corrected chi connectivity index (χ0v) is 16.2. The quantitative estimate of drug-likeness (QED) is 0.497. The summed E-state index contributed by atoms with van der Waals surface area (Å²) in [6.45, 7) is 15.3. The van der Waals surface area contributed by atoms with Crippen LogP contribution >= 0.6 is 7.92 Å². The summed E-state index contributed by atoms with van der Waals surface area (Å²) >= 11 is 0. The third-order valence-electron chi connectivity index (χ3n) is 7.51. The van der Waals surface area contributed by atoms with Gasteiger partial charge in [-0.25, -0.2) is 0 Å². The maximum atomic E-state index is 2.60. The van der Waals surface area contributed by atoms with Crippen molar-refractivity contribution in [2.24, 2.45) is 23.7 Å². The van der Waals surface area contributed by atoms with Gasteiger partial charge in [-0.1, -0.05) is 49.5 Å². The first-order valence-electron chi connectivity index (χ1n) is 9.58. The van der Waals surface area contributed by atoms with Crippen molar-refractivity contribution in [3.05, 3.63) is 0 Å². The minimum atomic E-state index is 0.103. The molecule has 0 heterocycles. The van der Waals surface area contributed by atoms with Crippen LogP contribution in [0.5, 0.6) is 0 Å². The third-order valence-corrected chi connectivity index (χ3v) is 12.2. The fourth-order valence-electron chi connectivity index (χ4n) is 6.29. The zero-order chi connectivity index (χ0) is 15.4. The predicted molar refractivity (Wildman–Crippen MR) is 96.5 cm³/mol. The molecule has 0 N–H and O–H groups in total. The lowest BCUT2D eigenvalue weighted by atomic mass is 9.56. The van der Waals surface area contributed by atoms with Gasteiger partial charge in [0.25, 0.3) is 0 Å². The average molecular weight is 308 g/mol. The first kappa shape index (κ1) is 16.3. The lowest BCUT2D eigenvalue weighted by molar-refractivity contribution is 0.0235. The molecule has 0 saturated heterocycles. The van der Waals surface area contributed by atoms with E-state index >= 15 is 0 Å². The van der Waals surface area contributed by atoms with E-state index in [-0.39, 0.29) is 7.92 Å². The van der Waals surface area contributed by atoms with Crippen molar-refractivity contribution in [2.45, 2.75) is 102 Å². The maximum absolute atomic E-state index is 2.60. The molecule has 0 aliphatic heterocycles. The second-order valence-corrected chi connectivity index (χ2v) is 13.4. The molecule has 1 heteroatoms. The van der Waals surface area contributed by atoms with Crippen LogP contribution < -0.4 is 0 Å². The number of rotatable bonds is 5. The Balaban J connectivity index is 1.93. The van der Waals surface area contributed by atoms with E-state index in [4.69, 9.17) is 0 Å². The molecule has 122 valence electrons. The Hall–Kier alpha value is 0.430. The van der Waals surface area contributed by atoms with Crippen LogP contribution in [0.1, 0.15) is 86.5 Å². The Morgan fingerprint density at radius 2 is 1.10 bits per heavy atom. The van der Waals surface area contributed by atoms with Crippen LogP contribution in [0.25, 0.3) is 0 Å². The van der Waals surface area contributed by atoms with E-state index in [0.717, 1.165) is 29.3 Å². The molecule has 0 aromatic heterocycles. The first-order valence-corrected chi connectivity index (χ1v) is 11.0. The Morgan fingerprint density at radius 3 is 1.43 bits per heavy atom. The lowest BCUT2D eigenvalue weighted by Crippen LogP contribution is -2.51. The van der Waals surface area contributed by atoms with E-state index in [0.29, 0.717) is 10.3 Å². The van der Waals surface area contributed by atoms with Crippen molar-refractivity contribution in [3.8, 4) is 0 Å². The summed E-state index contributed by atoms with van der Waals surface area (Å²) in [6, 6.07) is 0. The molecule has 4 rings (SSSR count). The molecule has 4 aliphatic carbocycles. The highest BCUT2D eigenvalue weighted by Gasteiger charge is 2.55. The van der Waals surface area contributed by atoms with Crippen LogP contribution in [0.15, 0.2) is 0 Å². The second kappa shape index (κ2) is 5.51. The Kier molecular flexibility index (Phi) is 4.27. The van der Waals surface area contributed by atoms with Crippen molar-refractivity contribution < 1.29 is 0 Å². The number of hydrogen-bond acceptors (Lipinski definition) is 0. The summed E-state index contributed by atoms with van der Waals surface area (Å²) in [4.78, 5) is 0. The summed E-state index contributed by atoms with van der Waals surface area (Å²) in [5, 5.41) is 1.13. The molecule has 0 unspecified atom stereocenters. The fourth-order valence-corrected chi connectivity index (χ4v) is 11.5. The summed E-state index contributed by atoms with van der Waals surface area (Å²) in [6.07, 6.45) is 10.7. The topological polar surface area (TPSA) is 0 Å². The van der Waals surface area contributed by atoms with Crippen LogP contribution in [-0.2, 0) is 0 Å². The smallest absolute Gasteiger partial charge is 0.0142 e. The van der Waals surface area contributed by atoms with Gasteiger partial charge in [0.1, 0.15) is 0 Å². The maximum Gasteiger partial charge on any atom is -0.0142 e. The van der Waals surface area contributed by atoms with Gasteiger partial charge in [-0.05, 0) is 84.6 Å². The van der Waals surface area contributed by atoms with Crippen LogP contribution in [0.3, 0.4) is 0 Å². The summed E-state index contributed by atoms with van der Waals surface area (Å²) in [5.41, 5.74) is 1.10. The van der Waals surface area contributed by atoms with E-state index in [9.17, 15) is 0 Å². The van der Waals surface area contributed by atoms with Crippen LogP contribution in [0.4, 0.5) is 0 Å². The minimum Gasteiger partial charge on any atom is -0.0914 e. The van der Waals surface area contributed by atoms with Gasteiger partial charge in [0.15, 0.2) is 0 Å². The molecule has 4 bridgehead atoms. The van der Waals surface area contributed by atoms with Gasteiger partial charge >= 0.3 is 0 Å². The van der Waals surface area contributed by atoms with E-state index in [1.54, 1.807) is 32.1 Å². The highest BCUT2D eigenvalue weighted by Crippen LogP contribution is 2.73. The van der Waals surface area contributed by atoms with Crippen molar-refractivity contribution in [1.82, 2.24) is 0 Å². The molecule has 0 aromatic carbocycles. The first-order chi connectivity index (χ1) is 9.78. The Morgan fingerprint density at radius 1 is 0.714 bits per heavy atom. The van der Waals surface area contributed by atoms with Crippen molar-refractivity contribution in [3.63, 3.8) is 0 Å². The third kappa shape index (κ3) is 2.73. The predicted octanol–water partition coefficient (Wildman–Crippen LogP) is 6.67. The Bertz CT molecular complexity index is 337. The zero-order valence-electron chi connectivity index (χ0n) is 15.3. The summed E-state index contributed by atoms with van der Waals surface area (Å²) in [5.74, 6) is 4.44. The Labute approximate surface area is 134 Å². The van der Waals surface area contributed by atoms with Crippen LogP contribution in [0, 0.1) is 23.7 Å². The van der Waals surface area contributed by atoms with E-state index < -0.39 is 0 Å². The van der Waals surface area contributed by atoms with Gasteiger partial charge in [0.2, 0.25) is 0 Å². The van der Waals surface area contributed by atoms with E-state index in [1.807, 2.05) is 0 Å². The van der Waals surface area contributed by atoms with Gasteiger partial charge in [-0.2, -0.15) is 0 Å². The standard InChI is InChI=1S/C20H37P/c1-7-19(3,4)21(20(5,6)8-2)18-16-10-14-9-15(12-16)13-17(18)11-14/h14-18H,7-13H2,1-6H3. The molecule has 4 fully saturated rings. The van der Waals surface area contributed by atoms with Gasteiger partial charge < -0.3 is 0 Å². The molecule has 0 radical (unpaired) electrons. The molecule has 4 saturated carbocycles.